The lowest BCUT2D eigenvalue weighted by Gasteiger charge is -2.35. The maximum Gasteiger partial charge on any atom is 0.263 e. The maximum absolute atomic E-state index is 13.0. The standard InChI is InChI=1S/C23H25FN4O3/c1-16-3-5-18(6-4-16)22-25-21(31-26-22)15-27-11-13-28(14-12-27)23(29)17(2)30-20-9-7-19(24)8-10-20/h3-10,17H,11-15H2,1-2H3/t17-/m0/s1. The molecule has 0 bridgehead atoms. The summed E-state index contributed by atoms with van der Waals surface area (Å²) in [5, 5.41) is 4.08. The van der Waals surface area contributed by atoms with E-state index < -0.39 is 6.10 Å². The lowest BCUT2D eigenvalue weighted by molar-refractivity contribution is -0.139. The summed E-state index contributed by atoms with van der Waals surface area (Å²) in [5.41, 5.74) is 2.10. The van der Waals surface area contributed by atoms with Crippen LogP contribution in [0.1, 0.15) is 18.4 Å². The average Bonchev–Trinajstić information content (AvgIpc) is 3.24. The number of aryl methyl sites for hydroxylation is 1. The van der Waals surface area contributed by atoms with Crippen molar-refractivity contribution in [1.82, 2.24) is 19.9 Å². The van der Waals surface area contributed by atoms with Crippen molar-refractivity contribution < 1.29 is 18.4 Å². The highest BCUT2D eigenvalue weighted by Gasteiger charge is 2.27. The Hall–Kier alpha value is -3.26. The zero-order chi connectivity index (χ0) is 21.8. The second kappa shape index (κ2) is 9.26. The van der Waals surface area contributed by atoms with Crippen LogP contribution in [0.15, 0.2) is 53.1 Å². The van der Waals surface area contributed by atoms with E-state index in [9.17, 15) is 9.18 Å². The van der Waals surface area contributed by atoms with Gasteiger partial charge >= 0.3 is 0 Å². The molecule has 1 amide bonds. The molecule has 1 aromatic heterocycles. The van der Waals surface area contributed by atoms with Gasteiger partial charge in [-0.3, -0.25) is 9.69 Å². The van der Waals surface area contributed by atoms with Crippen LogP contribution in [0.4, 0.5) is 4.39 Å². The first-order chi connectivity index (χ1) is 15.0. The number of hydrogen-bond donors (Lipinski definition) is 0. The molecular formula is C23H25FN4O3. The van der Waals surface area contributed by atoms with E-state index in [0.717, 1.165) is 5.56 Å². The van der Waals surface area contributed by atoms with E-state index in [1.54, 1.807) is 11.8 Å². The molecule has 0 N–H and O–H groups in total. The molecule has 8 heteroatoms. The molecule has 162 valence electrons. The number of aromatic nitrogens is 2. The van der Waals surface area contributed by atoms with Gasteiger partial charge in [0.25, 0.3) is 5.91 Å². The first kappa shape index (κ1) is 21.0. The molecule has 2 aromatic carbocycles. The molecule has 0 saturated carbocycles. The summed E-state index contributed by atoms with van der Waals surface area (Å²) < 4.78 is 24.1. The van der Waals surface area contributed by atoms with Crippen LogP contribution in [0.25, 0.3) is 11.4 Å². The van der Waals surface area contributed by atoms with E-state index in [4.69, 9.17) is 9.26 Å². The molecule has 1 atom stereocenters. The fourth-order valence-electron chi connectivity index (χ4n) is 3.48. The van der Waals surface area contributed by atoms with Gasteiger partial charge in [0.2, 0.25) is 11.7 Å². The molecule has 1 aliphatic rings. The third-order valence-electron chi connectivity index (χ3n) is 5.29. The van der Waals surface area contributed by atoms with Crippen LogP contribution in [0.3, 0.4) is 0 Å². The first-order valence-electron chi connectivity index (χ1n) is 10.3. The van der Waals surface area contributed by atoms with Gasteiger partial charge in [0.1, 0.15) is 11.6 Å². The normalized spacial score (nSPS) is 15.6. The van der Waals surface area contributed by atoms with Crippen LogP contribution < -0.4 is 4.74 Å². The third kappa shape index (κ3) is 5.27. The number of ether oxygens (including phenoxy) is 1. The van der Waals surface area contributed by atoms with E-state index in [0.29, 0.717) is 50.2 Å². The van der Waals surface area contributed by atoms with Gasteiger partial charge in [0.15, 0.2) is 6.10 Å². The molecule has 2 heterocycles. The highest BCUT2D eigenvalue weighted by molar-refractivity contribution is 5.81. The molecule has 0 radical (unpaired) electrons. The molecule has 1 fully saturated rings. The minimum atomic E-state index is -0.634. The number of rotatable bonds is 6. The first-order valence-corrected chi connectivity index (χ1v) is 10.3. The van der Waals surface area contributed by atoms with E-state index in [2.05, 4.69) is 15.0 Å². The third-order valence-corrected chi connectivity index (χ3v) is 5.29. The molecular weight excluding hydrogens is 399 g/mol. The summed E-state index contributed by atoms with van der Waals surface area (Å²) in [6, 6.07) is 13.6. The molecule has 4 rings (SSSR count). The number of carbonyl (C=O) groups is 1. The van der Waals surface area contributed by atoms with Gasteiger partial charge < -0.3 is 14.2 Å². The van der Waals surface area contributed by atoms with E-state index in [-0.39, 0.29) is 11.7 Å². The van der Waals surface area contributed by atoms with E-state index >= 15 is 0 Å². The predicted molar refractivity (Wildman–Crippen MR) is 113 cm³/mol. The summed E-state index contributed by atoms with van der Waals surface area (Å²) in [6.07, 6.45) is -0.634. The lowest BCUT2D eigenvalue weighted by Crippen LogP contribution is -2.51. The minimum Gasteiger partial charge on any atom is -0.481 e. The summed E-state index contributed by atoms with van der Waals surface area (Å²) in [4.78, 5) is 21.1. The number of hydrogen-bond acceptors (Lipinski definition) is 6. The van der Waals surface area contributed by atoms with Crippen LogP contribution in [-0.4, -0.2) is 58.1 Å². The number of nitrogens with zero attached hydrogens (tertiary/aromatic N) is 4. The monoisotopic (exact) mass is 424 g/mol. The largest absolute Gasteiger partial charge is 0.481 e. The van der Waals surface area contributed by atoms with Crippen molar-refractivity contribution in [3.05, 3.63) is 65.8 Å². The lowest BCUT2D eigenvalue weighted by atomic mass is 10.1. The van der Waals surface area contributed by atoms with Crippen molar-refractivity contribution in [2.24, 2.45) is 0 Å². The Bertz CT molecular complexity index is 1010. The SMILES string of the molecule is Cc1ccc(-c2noc(CN3CCN(C(=O)[C@H](C)Oc4ccc(F)cc4)CC3)n2)cc1. The van der Waals surface area contributed by atoms with E-state index in [1.807, 2.05) is 31.2 Å². The second-order valence-corrected chi connectivity index (χ2v) is 7.69. The Morgan fingerprint density at radius 3 is 2.45 bits per heavy atom. The number of carbonyl (C=O) groups excluding carboxylic acids is 1. The summed E-state index contributed by atoms with van der Waals surface area (Å²) in [5.74, 6) is 1.19. The second-order valence-electron chi connectivity index (χ2n) is 7.69. The summed E-state index contributed by atoms with van der Waals surface area (Å²) in [7, 11) is 0. The topological polar surface area (TPSA) is 71.7 Å². The van der Waals surface area contributed by atoms with Gasteiger partial charge in [0.05, 0.1) is 6.54 Å². The van der Waals surface area contributed by atoms with Crippen LogP contribution in [0, 0.1) is 12.7 Å². The Balaban J connectivity index is 1.27. The maximum atomic E-state index is 13.0. The zero-order valence-electron chi connectivity index (χ0n) is 17.6. The van der Waals surface area contributed by atoms with Crippen LogP contribution in [-0.2, 0) is 11.3 Å². The molecule has 1 aliphatic heterocycles. The minimum absolute atomic E-state index is 0.0802. The summed E-state index contributed by atoms with van der Waals surface area (Å²) in [6.45, 7) is 6.88. The van der Waals surface area contributed by atoms with Crippen molar-refractivity contribution >= 4 is 5.91 Å². The van der Waals surface area contributed by atoms with Gasteiger partial charge in [-0.15, -0.1) is 0 Å². The van der Waals surface area contributed by atoms with Gasteiger partial charge in [-0.2, -0.15) is 4.98 Å². The van der Waals surface area contributed by atoms with Crippen molar-refractivity contribution in [1.29, 1.82) is 0 Å². The summed E-state index contributed by atoms with van der Waals surface area (Å²) >= 11 is 0. The van der Waals surface area contributed by atoms with Crippen molar-refractivity contribution in [3.63, 3.8) is 0 Å². The molecule has 0 spiro atoms. The van der Waals surface area contributed by atoms with Crippen LogP contribution in [0.5, 0.6) is 5.75 Å². The van der Waals surface area contributed by atoms with E-state index in [1.165, 1.54) is 29.8 Å². The molecule has 1 saturated heterocycles. The fourth-order valence-corrected chi connectivity index (χ4v) is 3.48. The van der Waals surface area contributed by atoms with Crippen molar-refractivity contribution in [3.8, 4) is 17.1 Å². The average molecular weight is 424 g/mol. The van der Waals surface area contributed by atoms with Crippen LogP contribution in [0.2, 0.25) is 0 Å². The Morgan fingerprint density at radius 2 is 1.77 bits per heavy atom. The highest BCUT2D eigenvalue weighted by atomic mass is 19.1. The van der Waals surface area contributed by atoms with Gasteiger partial charge in [-0.1, -0.05) is 35.0 Å². The Labute approximate surface area is 180 Å². The zero-order valence-corrected chi connectivity index (χ0v) is 17.6. The number of benzene rings is 2. The Kier molecular flexibility index (Phi) is 6.27. The van der Waals surface area contributed by atoms with Crippen LogP contribution >= 0.6 is 0 Å². The molecule has 31 heavy (non-hydrogen) atoms. The number of amides is 1. The molecule has 0 aliphatic carbocycles. The number of piperazine rings is 1. The Morgan fingerprint density at radius 1 is 1.10 bits per heavy atom. The fraction of sp³-hybridized carbons (Fsp3) is 0.348. The quantitative estimate of drug-likeness (QED) is 0.605. The smallest absolute Gasteiger partial charge is 0.263 e. The molecule has 3 aromatic rings. The predicted octanol–water partition coefficient (Wildman–Crippen LogP) is 3.30. The van der Waals surface area contributed by atoms with Gasteiger partial charge in [-0.05, 0) is 38.1 Å². The molecule has 7 nitrogen and oxygen atoms in total. The van der Waals surface area contributed by atoms with Gasteiger partial charge in [0, 0.05) is 31.7 Å². The highest BCUT2D eigenvalue weighted by Crippen LogP contribution is 2.18. The van der Waals surface area contributed by atoms with Gasteiger partial charge in [-0.25, -0.2) is 4.39 Å². The van der Waals surface area contributed by atoms with Crippen molar-refractivity contribution in [2.45, 2.75) is 26.5 Å². The number of halogens is 1. The van der Waals surface area contributed by atoms with Crippen molar-refractivity contribution in [2.75, 3.05) is 26.2 Å². The molecule has 0 unspecified atom stereocenters.